The van der Waals surface area contributed by atoms with E-state index in [1.165, 1.54) is 38.5 Å². The second-order valence-electron chi connectivity index (χ2n) is 7.56. The largest absolute Gasteiger partial charge is 0.365 e. The van der Waals surface area contributed by atoms with Crippen molar-refractivity contribution in [2.75, 3.05) is 6.54 Å². The van der Waals surface area contributed by atoms with Gasteiger partial charge >= 0.3 is 0 Å². The maximum atomic E-state index is 12.2. The van der Waals surface area contributed by atoms with Crippen molar-refractivity contribution >= 4 is 5.91 Å². The third kappa shape index (κ3) is 5.61. The number of hydrogen-bond donors (Lipinski definition) is 1. The van der Waals surface area contributed by atoms with Crippen LogP contribution in [0.5, 0.6) is 0 Å². The molecule has 3 heteroatoms. The predicted molar refractivity (Wildman–Crippen MR) is 86.1 cm³/mol. The molecule has 3 nitrogen and oxygen atoms in total. The molecule has 0 spiro atoms. The van der Waals surface area contributed by atoms with Crippen LogP contribution >= 0.6 is 0 Å². The summed E-state index contributed by atoms with van der Waals surface area (Å²) in [5, 5.41) is 3.11. The standard InChI is InChI=1S/C18H33NO2/c1-13-6-4-8-16(10-13)12-19-18(20)15(3)21-17-9-5-7-14(2)11-17/h13-17H,4-12H2,1-3H3,(H,19,20)/t13-,14-,15+,16+,17+/m1/s1. The van der Waals surface area contributed by atoms with Gasteiger partial charge in [0.15, 0.2) is 0 Å². The average molecular weight is 295 g/mol. The van der Waals surface area contributed by atoms with Crippen molar-refractivity contribution in [3.8, 4) is 0 Å². The lowest BCUT2D eigenvalue weighted by Gasteiger charge is -2.30. The molecule has 0 aromatic carbocycles. The summed E-state index contributed by atoms with van der Waals surface area (Å²) in [4.78, 5) is 12.2. The summed E-state index contributed by atoms with van der Waals surface area (Å²) < 4.78 is 5.97. The van der Waals surface area contributed by atoms with Gasteiger partial charge in [0.2, 0.25) is 5.91 Å². The molecule has 0 heterocycles. The van der Waals surface area contributed by atoms with E-state index < -0.39 is 0 Å². The second kappa shape index (κ2) is 8.17. The van der Waals surface area contributed by atoms with Crippen LogP contribution in [0.2, 0.25) is 0 Å². The van der Waals surface area contributed by atoms with Crippen molar-refractivity contribution in [1.82, 2.24) is 5.32 Å². The van der Waals surface area contributed by atoms with E-state index in [4.69, 9.17) is 4.74 Å². The second-order valence-corrected chi connectivity index (χ2v) is 7.56. The van der Waals surface area contributed by atoms with Crippen LogP contribution in [0, 0.1) is 17.8 Å². The highest BCUT2D eigenvalue weighted by Crippen LogP contribution is 2.28. The van der Waals surface area contributed by atoms with Gasteiger partial charge in [-0.2, -0.15) is 0 Å². The van der Waals surface area contributed by atoms with Gasteiger partial charge in [0.25, 0.3) is 0 Å². The summed E-state index contributed by atoms with van der Waals surface area (Å²) in [5.41, 5.74) is 0. The summed E-state index contributed by atoms with van der Waals surface area (Å²) in [5.74, 6) is 2.30. The highest BCUT2D eigenvalue weighted by Gasteiger charge is 2.25. The van der Waals surface area contributed by atoms with Gasteiger partial charge in [-0.15, -0.1) is 0 Å². The SMILES string of the molecule is C[C@@H]1CCC[C@H](CNC(=O)[C@H](C)O[C@H]2CCC[C@@H](C)C2)C1. The first-order chi connectivity index (χ1) is 10.0. The van der Waals surface area contributed by atoms with Crippen LogP contribution in [0.4, 0.5) is 0 Å². The lowest BCUT2D eigenvalue weighted by atomic mass is 9.82. The van der Waals surface area contributed by atoms with Crippen molar-refractivity contribution in [2.24, 2.45) is 17.8 Å². The smallest absolute Gasteiger partial charge is 0.248 e. The Balaban J connectivity index is 1.67. The van der Waals surface area contributed by atoms with Gasteiger partial charge in [-0.3, -0.25) is 4.79 Å². The van der Waals surface area contributed by atoms with Gasteiger partial charge in [-0.05, 0) is 50.4 Å². The molecule has 122 valence electrons. The number of hydrogen-bond acceptors (Lipinski definition) is 2. The van der Waals surface area contributed by atoms with Gasteiger partial charge in [0.1, 0.15) is 6.10 Å². The van der Waals surface area contributed by atoms with E-state index in [2.05, 4.69) is 19.2 Å². The molecule has 1 amide bonds. The van der Waals surface area contributed by atoms with Crippen LogP contribution in [-0.2, 0) is 9.53 Å². The number of nitrogens with one attached hydrogen (secondary N) is 1. The van der Waals surface area contributed by atoms with Gasteiger partial charge in [-0.1, -0.05) is 39.5 Å². The zero-order valence-electron chi connectivity index (χ0n) is 14.1. The van der Waals surface area contributed by atoms with E-state index in [1.807, 2.05) is 6.92 Å². The van der Waals surface area contributed by atoms with Crippen molar-refractivity contribution in [1.29, 1.82) is 0 Å². The predicted octanol–water partition coefficient (Wildman–Crippen LogP) is 3.91. The van der Waals surface area contributed by atoms with E-state index in [9.17, 15) is 4.79 Å². The van der Waals surface area contributed by atoms with E-state index in [0.29, 0.717) is 5.92 Å². The molecule has 0 aliphatic heterocycles. The first kappa shape index (κ1) is 16.8. The molecule has 21 heavy (non-hydrogen) atoms. The molecule has 2 fully saturated rings. The molecule has 2 aliphatic rings. The molecule has 1 N–H and O–H groups in total. The fraction of sp³-hybridized carbons (Fsp3) is 0.944. The molecule has 0 aromatic rings. The van der Waals surface area contributed by atoms with Crippen molar-refractivity contribution in [3.63, 3.8) is 0 Å². The van der Waals surface area contributed by atoms with Gasteiger partial charge in [0, 0.05) is 6.54 Å². The Morgan fingerprint density at radius 3 is 2.43 bits per heavy atom. The number of carbonyl (C=O) groups is 1. The molecular formula is C18H33NO2. The highest BCUT2D eigenvalue weighted by atomic mass is 16.5. The first-order valence-electron chi connectivity index (χ1n) is 8.97. The minimum Gasteiger partial charge on any atom is -0.365 e. The molecule has 2 saturated carbocycles. The van der Waals surface area contributed by atoms with Crippen molar-refractivity contribution < 1.29 is 9.53 Å². The van der Waals surface area contributed by atoms with Crippen LogP contribution in [0.15, 0.2) is 0 Å². The van der Waals surface area contributed by atoms with Gasteiger partial charge in [0.05, 0.1) is 6.10 Å². The normalized spacial score (nSPS) is 35.2. The number of ether oxygens (including phenoxy) is 1. The third-order valence-electron chi connectivity index (χ3n) is 5.26. The van der Waals surface area contributed by atoms with Crippen LogP contribution in [-0.4, -0.2) is 24.7 Å². The van der Waals surface area contributed by atoms with Gasteiger partial charge in [-0.25, -0.2) is 0 Å². The maximum Gasteiger partial charge on any atom is 0.248 e. The monoisotopic (exact) mass is 295 g/mol. The Bertz CT molecular complexity index is 331. The summed E-state index contributed by atoms with van der Waals surface area (Å²) in [6.45, 7) is 7.34. The molecule has 0 bridgehead atoms. The number of amides is 1. The minimum atomic E-state index is -0.304. The van der Waals surface area contributed by atoms with Crippen LogP contribution in [0.3, 0.4) is 0 Å². The Labute approximate surface area is 130 Å². The van der Waals surface area contributed by atoms with E-state index in [0.717, 1.165) is 31.2 Å². The van der Waals surface area contributed by atoms with E-state index in [1.54, 1.807) is 0 Å². The molecule has 0 unspecified atom stereocenters. The van der Waals surface area contributed by atoms with Crippen molar-refractivity contribution in [2.45, 2.75) is 84.3 Å². The quantitative estimate of drug-likeness (QED) is 0.835. The molecule has 5 atom stereocenters. The highest BCUT2D eigenvalue weighted by molar-refractivity contribution is 5.80. The zero-order chi connectivity index (χ0) is 15.2. The topological polar surface area (TPSA) is 38.3 Å². The molecule has 2 aliphatic carbocycles. The minimum absolute atomic E-state index is 0.0754. The molecule has 0 radical (unpaired) electrons. The average Bonchev–Trinajstić information content (AvgIpc) is 2.45. The van der Waals surface area contributed by atoms with Crippen LogP contribution in [0.25, 0.3) is 0 Å². The Kier molecular flexibility index (Phi) is 6.53. The Morgan fingerprint density at radius 2 is 1.76 bits per heavy atom. The van der Waals surface area contributed by atoms with E-state index >= 15 is 0 Å². The van der Waals surface area contributed by atoms with Gasteiger partial charge < -0.3 is 10.1 Å². The third-order valence-corrected chi connectivity index (χ3v) is 5.26. The fourth-order valence-electron chi connectivity index (χ4n) is 3.99. The lowest BCUT2D eigenvalue weighted by Crippen LogP contribution is -2.40. The molecule has 2 rings (SSSR count). The summed E-state index contributed by atoms with van der Waals surface area (Å²) in [7, 11) is 0. The zero-order valence-corrected chi connectivity index (χ0v) is 14.1. The number of carbonyl (C=O) groups excluding carboxylic acids is 1. The first-order valence-corrected chi connectivity index (χ1v) is 8.97. The number of rotatable bonds is 5. The summed E-state index contributed by atoms with van der Waals surface area (Å²) in [6, 6.07) is 0. The molecular weight excluding hydrogens is 262 g/mol. The fourth-order valence-corrected chi connectivity index (χ4v) is 3.99. The molecule has 0 saturated heterocycles. The van der Waals surface area contributed by atoms with Crippen molar-refractivity contribution in [3.05, 3.63) is 0 Å². The van der Waals surface area contributed by atoms with Crippen LogP contribution in [0.1, 0.15) is 72.1 Å². The Morgan fingerprint density at radius 1 is 1.10 bits per heavy atom. The summed E-state index contributed by atoms with van der Waals surface area (Å²) in [6.07, 6.45) is 9.93. The Hall–Kier alpha value is -0.570. The lowest BCUT2D eigenvalue weighted by molar-refractivity contribution is -0.137. The molecule has 0 aromatic heterocycles. The summed E-state index contributed by atoms with van der Waals surface area (Å²) >= 11 is 0. The van der Waals surface area contributed by atoms with E-state index in [-0.39, 0.29) is 18.1 Å². The maximum absolute atomic E-state index is 12.2. The van der Waals surface area contributed by atoms with Crippen LogP contribution < -0.4 is 5.32 Å².